The molecule has 0 heterocycles. The van der Waals surface area contributed by atoms with Gasteiger partial charge in [0, 0.05) is 16.2 Å². The monoisotopic (exact) mass is 299 g/mol. The Kier molecular flexibility index (Phi) is 5.89. The third-order valence-electron chi connectivity index (χ3n) is 3.87. The summed E-state index contributed by atoms with van der Waals surface area (Å²) in [6.45, 7) is 6.61. The van der Waals surface area contributed by atoms with Gasteiger partial charge in [0.15, 0.2) is 0 Å². The molecule has 0 fully saturated rings. The van der Waals surface area contributed by atoms with Crippen LogP contribution in [0.25, 0.3) is 0 Å². The Morgan fingerprint density at radius 1 is 1.00 bits per heavy atom. The maximum atomic E-state index is 3.47. The van der Waals surface area contributed by atoms with E-state index in [9.17, 15) is 0 Å². The third kappa shape index (κ3) is 4.36. The molecule has 0 amide bonds. The largest absolute Gasteiger partial charge is 0.312 e. The molecule has 0 saturated heterocycles. The van der Waals surface area contributed by atoms with E-state index in [0.29, 0.717) is 11.3 Å². The van der Waals surface area contributed by atoms with Crippen molar-refractivity contribution >= 4 is 11.8 Å². The Bertz CT molecular complexity index is 545. The van der Waals surface area contributed by atoms with Crippen LogP contribution < -0.4 is 5.32 Å². The molecule has 112 valence electrons. The van der Waals surface area contributed by atoms with E-state index in [1.165, 1.54) is 21.6 Å². The molecule has 1 N–H and O–H groups in total. The molecular formula is C19H25NS. The lowest BCUT2D eigenvalue weighted by atomic mass is 10.0. The van der Waals surface area contributed by atoms with Crippen molar-refractivity contribution in [3.05, 3.63) is 65.2 Å². The maximum absolute atomic E-state index is 3.47. The minimum absolute atomic E-state index is 0.363. The lowest BCUT2D eigenvalue weighted by molar-refractivity contribution is 0.589. The van der Waals surface area contributed by atoms with Gasteiger partial charge in [-0.25, -0.2) is 0 Å². The van der Waals surface area contributed by atoms with E-state index in [2.05, 4.69) is 74.6 Å². The molecule has 2 atom stereocenters. The molecule has 0 saturated carbocycles. The number of thioether (sulfide) groups is 1. The Morgan fingerprint density at radius 2 is 1.62 bits per heavy atom. The van der Waals surface area contributed by atoms with Crippen LogP contribution in [-0.2, 0) is 6.42 Å². The van der Waals surface area contributed by atoms with Gasteiger partial charge in [-0.15, -0.1) is 11.8 Å². The van der Waals surface area contributed by atoms with E-state index >= 15 is 0 Å². The van der Waals surface area contributed by atoms with Crippen molar-refractivity contribution in [3.63, 3.8) is 0 Å². The second kappa shape index (κ2) is 7.67. The predicted octanol–water partition coefficient (Wildman–Crippen LogP) is 5.00. The van der Waals surface area contributed by atoms with E-state index < -0.39 is 0 Å². The van der Waals surface area contributed by atoms with Crippen molar-refractivity contribution in [2.75, 3.05) is 7.05 Å². The second-order valence-corrected chi connectivity index (χ2v) is 6.95. The molecule has 0 aliphatic heterocycles. The van der Waals surface area contributed by atoms with Crippen LogP contribution >= 0.6 is 11.8 Å². The maximum Gasteiger partial charge on any atom is 0.0438 e. The Hall–Kier alpha value is -1.25. The van der Waals surface area contributed by atoms with Crippen molar-refractivity contribution in [1.29, 1.82) is 0 Å². The van der Waals surface area contributed by atoms with Crippen LogP contribution in [0.15, 0.2) is 53.4 Å². The lowest BCUT2D eigenvalue weighted by Crippen LogP contribution is -2.25. The summed E-state index contributed by atoms with van der Waals surface area (Å²) >= 11 is 1.93. The van der Waals surface area contributed by atoms with Gasteiger partial charge in [-0.1, -0.05) is 55.8 Å². The third-order valence-corrected chi connectivity index (χ3v) is 5.06. The van der Waals surface area contributed by atoms with Gasteiger partial charge in [0.2, 0.25) is 0 Å². The van der Waals surface area contributed by atoms with Gasteiger partial charge in [0.05, 0.1) is 0 Å². The molecule has 2 heteroatoms. The highest BCUT2D eigenvalue weighted by Gasteiger charge is 2.18. The quantitative estimate of drug-likeness (QED) is 0.753. The molecule has 2 rings (SSSR count). The topological polar surface area (TPSA) is 12.0 Å². The van der Waals surface area contributed by atoms with Crippen molar-refractivity contribution in [2.24, 2.45) is 0 Å². The highest BCUT2D eigenvalue weighted by Crippen LogP contribution is 2.32. The van der Waals surface area contributed by atoms with Gasteiger partial charge in [0.1, 0.15) is 0 Å². The molecule has 0 radical (unpaired) electrons. The van der Waals surface area contributed by atoms with Crippen LogP contribution in [0, 0.1) is 6.92 Å². The summed E-state index contributed by atoms with van der Waals surface area (Å²) in [5.74, 6) is 0. The minimum atomic E-state index is 0.363. The van der Waals surface area contributed by atoms with Crippen LogP contribution in [0.3, 0.4) is 0 Å². The highest BCUT2D eigenvalue weighted by molar-refractivity contribution is 8.00. The zero-order valence-electron chi connectivity index (χ0n) is 13.4. The molecular weight excluding hydrogens is 274 g/mol. The van der Waals surface area contributed by atoms with E-state index in [1.54, 1.807) is 0 Å². The minimum Gasteiger partial charge on any atom is -0.312 e. The number of aryl methyl sites for hydroxylation is 2. The summed E-state index contributed by atoms with van der Waals surface area (Å²) in [4.78, 5) is 1.33. The average molecular weight is 299 g/mol. The fraction of sp³-hybridized carbons (Fsp3) is 0.368. The summed E-state index contributed by atoms with van der Waals surface area (Å²) in [7, 11) is 2.05. The molecule has 0 spiro atoms. The van der Waals surface area contributed by atoms with E-state index in [-0.39, 0.29) is 0 Å². The molecule has 0 aliphatic carbocycles. The van der Waals surface area contributed by atoms with E-state index in [4.69, 9.17) is 0 Å². The number of benzene rings is 2. The molecule has 0 bridgehead atoms. The number of hydrogen-bond acceptors (Lipinski definition) is 2. The molecule has 2 aromatic carbocycles. The molecule has 21 heavy (non-hydrogen) atoms. The average Bonchev–Trinajstić information content (AvgIpc) is 2.51. The lowest BCUT2D eigenvalue weighted by Gasteiger charge is -2.24. The highest BCUT2D eigenvalue weighted by atomic mass is 32.2. The SMILES string of the molecule is CCc1ccc(C(NC)C(C)Sc2ccc(C)cc2)cc1. The molecule has 2 aromatic rings. The van der Waals surface area contributed by atoms with Crippen molar-refractivity contribution in [3.8, 4) is 0 Å². The Labute approximate surface area is 133 Å². The fourth-order valence-corrected chi connectivity index (χ4v) is 3.68. The van der Waals surface area contributed by atoms with Crippen LogP contribution in [0.5, 0.6) is 0 Å². The van der Waals surface area contributed by atoms with Crippen LogP contribution in [0.2, 0.25) is 0 Å². The van der Waals surface area contributed by atoms with E-state index in [0.717, 1.165) is 6.42 Å². The normalized spacial score (nSPS) is 13.9. The van der Waals surface area contributed by atoms with Crippen molar-refractivity contribution < 1.29 is 0 Å². The van der Waals surface area contributed by atoms with Gasteiger partial charge < -0.3 is 5.32 Å². The summed E-state index contributed by atoms with van der Waals surface area (Å²) in [5.41, 5.74) is 4.07. The number of rotatable bonds is 6. The van der Waals surface area contributed by atoms with Gasteiger partial charge in [0.25, 0.3) is 0 Å². The van der Waals surface area contributed by atoms with Crippen LogP contribution in [-0.4, -0.2) is 12.3 Å². The first-order valence-electron chi connectivity index (χ1n) is 7.63. The molecule has 2 unspecified atom stereocenters. The second-order valence-electron chi connectivity index (χ2n) is 5.50. The first-order chi connectivity index (χ1) is 10.1. The zero-order valence-corrected chi connectivity index (χ0v) is 14.2. The summed E-state index contributed by atoms with van der Waals surface area (Å²) in [6, 6.07) is 18.1. The first kappa shape index (κ1) is 16.1. The van der Waals surface area contributed by atoms with Gasteiger partial charge in [-0.3, -0.25) is 0 Å². The summed E-state index contributed by atoms with van der Waals surface area (Å²) in [6.07, 6.45) is 1.10. The van der Waals surface area contributed by atoms with Crippen molar-refractivity contribution in [1.82, 2.24) is 5.32 Å². The number of nitrogens with one attached hydrogen (secondary N) is 1. The fourth-order valence-electron chi connectivity index (χ4n) is 2.53. The molecule has 0 aromatic heterocycles. The standard InChI is InChI=1S/C19H25NS/c1-5-16-8-10-17(11-9-16)19(20-4)15(3)21-18-12-6-14(2)7-13-18/h6-13,15,19-20H,5H2,1-4H3. The van der Waals surface area contributed by atoms with Gasteiger partial charge in [-0.05, 0) is 43.7 Å². The van der Waals surface area contributed by atoms with E-state index in [1.807, 2.05) is 18.8 Å². The number of hydrogen-bond donors (Lipinski definition) is 1. The smallest absolute Gasteiger partial charge is 0.0438 e. The molecule has 0 aliphatic rings. The Morgan fingerprint density at radius 3 is 2.14 bits per heavy atom. The summed E-state index contributed by atoms with van der Waals surface area (Å²) < 4.78 is 0. The van der Waals surface area contributed by atoms with Crippen molar-refractivity contribution in [2.45, 2.75) is 43.4 Å². The van der Waals surface area contributed by atoms with Crippen LogP contribution in [0.4, 0.5) is 0 Å². The van der Waals surface area contributed by atoms with Gasteiger partial charge >= 0.3 is 0 Å². The predicted molar refractivity (Wildman–Crippen MR) is 94.1 cm³/mol. The summed E-state index contributed by atoms with van der Waals surface area (Å²) in [5, 5.41) is 3.94. The Balaban J connectivity index is 2.09. The zero-order chi connectivity index (χ0) is 15.2. The van der Waals surface area contributed by atoms with Gasteiger partial charge in [-0.2, -0.15) is 0 Å². The first-order valence-corrected chi connectivity index (χ1v) is 8.51. The molecule has 1 nitrogen and oxygen atoms in total. The van der Waals surface area contributed by atoms with Crippen LogP contribution in [0.1, 0.15) is 36.6 Å².